The van der Waals surface area contributed by atoms with Crippen LogP contribution < -0.4 is 10.1 Å². The predicted octanol–water partition coefficient (Wildman–Crippen LogP) is 3.98. The lowest BCUT2D eigenvalue weighted by Gasteiger charge is -2.07. The van der Waals surface area contributed by atoms with E-state index in [1.807, 2.05) is 13.0 Å². The number of carbonyl (C=O) groups excluding carboxylic acids is 2. The Balaban J connectivity index is 1.66. The van der Waals surface area contributed by atoms with E-state index in [2.05, 4.69) is 10.4 Å². The predicted molar refractivity (Wildman–Crippen MR) is 106 cm³/mol. The number of hydrogen-bond acceptors (Lipinski definition) is 6. The van der Waals surface area contributed by atoms with E-state index >= 15 is 0 Å². The van der Waals surface area contributed by atoms with E-state index in [0.29, 0.717) is 16.5 Å². The highest BCUT2D eigenvalue weighted by Gasteiger charge is 2.21. The van der Waals surface area contributed by atoms with Gasteiger partial charge >= 0.3 is 5.97 Å². The van der Waals surface area contributed by atoms with Crippen LogP contribution >= 0.6 is 11.6 Å². The molecule has 2 heterocycles. The summed E-state index contributed by atoms with van der Waals surface area (Å²) in [7, 11) is 1.61. The van der Waals surface area contributed by atoms with E-state index in [0.717, 1.165) is 5.56 Å². The van der Waals surface area contributed by atoms with Gasteiger partial charge in [-0.1, -0.05) is 11.6 Å². The normalized spacial score (nSPS) is 10.6. The monoisotopic (exact) mass is 417 g/mol. The summed E-state index contributed by atoms with van der Waals surface area (Å²) >= 11 is 6.00. The fraction of sp³-hybridized carbons (Fsp3) is 0.250. The van der Waals surface area contributed by atoms with Crippen LogP contribution in [-0.2, 0) is 18.4 Å². The van der Waals surface area contributed by atoms with Crippen molar-refractivity contribution < 1.29 is 23.5 Å². The number of ether oxygens (including phenoxy) is 2. The molecule has 1 aromatic carbocycles. The number of esters is 1. The molecule has 0 fully saturated rings. The number of rotatable bonds is 7. The highest BCUT2D eigenvalue weighted by atomic mass is 35.5. The number of aryl methyl sites for hydroxylation is 2. The van der Waals surface area contributed by atoms with Crippen molar-refractivity contribution in [3.05, 3.63) is 64.2 Å². The molecule has 2 aromatic heterocycles. The number of hydrogen-bond donors (Lipinski definition) is 1. The quantitative estimate of drug-likeness (QED) is 0.584. The van der Waals surface area contributed by atoms with Gasteiger partial charge in [-0.3, -0.25) is 9.48 Å². The van der Waals surface area contributed by atoms with Crippen LogP contribution in [-0.4, -0.2) is 28.3 Å². The molecule has 0 saturated heterocycles. The first-order valence-electron chi connectivity index (χ1n) is 8.87. The van der Waals surface area contributed by atoms with Crippen molar-refractivity contribution in [2.75, 3.05) is 11.9 Å². The maximum Gasteiger partial charge on any atom is 0.343 e. The fourth-order valence-electron chi connectivity index (χ4n) is 2.55. The van der Waals surface area contributed by atoms with Crippen molar-refractivity contribution in [2.45, 2.75) is 20.5 Å². The van der Waals surface area contributed by atoms with Gasteiger partial charge in [0.05, 0.1) is 12.8 Å². The van der Waals surface area contributed by atoms with Gasteiger partial charge < -0.3 is 19.2 Å². The zero-order valence-corrected chi connectivity index (χ0v) is 16.9. The molecular formula is C20H20ClN3O5. The van der Waals surface area contributed by atoms with Crippen LogP contribution in [0.1, 0.15) is 39.2 Å². The van der Waals surface area contributed by atoms with Crippen LogP contribution in [0.25, 0.3) is 0 Å². The Labute approximate surface area is 172 Å². The topological polar surface area (TPSA) is 95.6 Å². The number of nitrogens with zero attached hydrogens (tertiary/aromatic N) is 2. The van der Waals surface area contributed by atoms with E-state index < -0.39 is 11.9 Å². The lowest BCUT2D eigenvalue weighted by Crippen LogP contribution is -2.17. The van der Waals surface area contributed by atoms with Crippen molar-refractivity contribution in [2.24, 2.45) is 7.05 Å². The second-order valence-electron chi connectivity index (χ2n) is 6.17. The zero-order valence-electron chi connectivity index (χ0n) is 16.2. The SMILES string of the molecule is CCOC(=O)c1cnn(C)c1NC(=O)c1ccc(COc2ccc(Cl)c(C)c2)o1. The average Bonchev–Trinajstić information content (AvgIpc) is 3.30. The van der Waals surface area contributed by atoms with E-state index in [-0.39, 0.29) is 30.4 Å². The van der Waals surface area contributed by atoms with Crippen LogP contribution in [0.5, 0.6) is 5.75 Å². The summed E-state index contributed by atoms with van der Waals surface area (Å²) in [6.45, 7) is 3.95. The molecule has 0 aliphatic carbocycles. The second-order valence-corrected chi connectivity index (χ2v) is 6.58. The van der Waals surface area contributed by atoms with Crippen LogP contribution in [0, 0.1) is 6.92 Å². The number of furan rings is 1. The third-order valence-electron chi connectivity index (χ3n) is 4.06. The van der Waals surface area contributed by atoms with Gasteiger partial charge in [-0.25, -0.2) is 4.79 Å². The maximum atomic E-state index is 12.5. The standard InChI is InChI=1S/C20H20ClN3O5/c1-4-27-20(26)15-10-22-24(3)18(15)23-19(25)17-8-6-14(29-17)11-28-13-5-7-16(21)12(2)9-13/h5-10H,4,11H2,1-3H3,(H,23,25). The summed E-state index contributed by atoms with van der Waals surface area (Å²) in [5.41, 5.74) is 1.06. The highest BCUT2D eigenvalue weighted by molar-refractivity contribution is 6.31. The Morgan fingerprint density at radius 1 is 1.28 bits per heavy atom. The van der Waals surface area contributed by atoms with E-state index in [4.69, 9.17) is 25.5 Å². The van der Waals surface area contributed by atoms with Crippen molar-refractivity contribution in [3.8, 4) is 5.75 Å². The van der Waals surface area contributed by atoms with Crippen LogP contribution in [0.3, 0.4) is 0 Å². The van der Waals surface area contributed by atoms with Gasteiger partial charge in [0, 0.05) is 12.1 Å². The molecule has 9 heteroatoms. The summed E-state index contributed by atoms with van der Waals surface area (Å²) in [5, 5.41) is 7.27. The molecule has 1 N–H and O–H groups in total. The Morgan fingerprint density at radius 2 is 2.07 bits per heavy atom. The Bertz CT molecular complexity index is 1040. The first-order valence-corrected chi connectivity index (χ1v) is 9.25. The van der Waals surface area contributed by atoms with Gasteiger partial charge in [0.1, 0.15) is 29.5 Å². The molecule has 3 rings (SSSR count). The summed E-state index contributed by atoms with van der Waals surface area (Å²) in [6, 6.07) is 8.50. The van der Waals surface area contributed by atoms with Crippen LogP contribution in [0.15, 0.2) is 40.9 Å². The third kappa shape index (κ3) is 4.78. The second kappa shape index (κ2) is 8.83. The number of benzene rings is 1. The van der Waals surface area contributed by atoms with Crippen molar-refractivity contribution >= 4 is 29.3 Å². The number of amides is 1. The first kappa shape index (κ1) is 20.5. The minimum absolute atomic E-state index is 0.0758. The molecule has 0 aliphatic heterocycles. The van der Waals surface area contributed by atoms with Crippen molar-refractivity contribution in [1.29, 1.82) is 0 Å². The lowest BCUT2D eigenvalue weighted by atomic mass is 10.2. The van der Waals surface area contributed by atoms with E-state index in [1.165, 1.54) is 16.9 Å². The molecule has 0 bridgehead atoms. The molecular weight excluding hydrogens is 398 g/mol. The average molecular weight is 418 g/mol. The molecule has 0 unspecified atom stereocenters. The third-order valence-corrected chi connectivity index (χ3v) is 4.49. The summed E-state index contributed by atoms with van der Waals surface area (Å²) in [4.78, 5) is 24.5. The van der Waals surface area contributed by atoms with Crippen LogP contribution in [0.4, 0.5) is 5.82 Å². The lowest BCUT2D eigenvalue weighted by molar-refractivity contribution is 0.0527. The van der Waals surface area contributed by atoms with Gasteiger partial charge in [0.25, 0.3) is 5.91 Å². The Kier molecular flexibility index (Phi) is 6.23. The number of anilines is 1. The van der Waals surface area contributed by atoms with Crippen molar-refractivity contribution in [1.82, 2.24) is 9.78 Å². The van der Waals surface area contributed by atoms with Gasteiger partial charge in [-0.05, 0) is 49.7 Å². The molecule has 0 radical (unpaired) electrons. The van der Waals surface area contributed by atoms with Crippen LogP contribution in [0.2, 0.25) is 5.02 Å². The molecule has 0 saturated carbocycles. The molecule has 0 aliphatic rings. The minimum atomic E-state index is -0.567. The van der Waals surface area contributed by atoms with Gasteiger partial charge in [-0.2, -0.15) is 5.10 Å². The molecule has 152 valence electrons. The summed E-state index contributed by atoms with van der Waals surface area (Å²) < 4.78 is 17.6. The van der Waals surface area contributed by atoms with Gasteiger partial charge in [0.15, 0.2) is 5.76 Å². The first-order chi connectivity index (χ1) is 13.9. The zero-order chi connectivity index (χ0) is 21.0. The highest BCUT2D eigenvalue weighted by Crippen LogP contribution is 2.22. The van der Waals surface area contributed by atoms with Gasteiger partial charge in [0.2, 0.25) is 0 Å². The number of halogens is 1. The smallest absolute Gasteiger partial charge is 0.343 e. The molecule has 0 spiro atoms. The van der Waals surface area contributed by atoms with E-state index in [9.17, 15) is 9.59 Å². The summed E-state index contributed by atoms with van der Waals surface area (Å²) in [6.07, 6.45) is 1.34. The minimum Gasteiger partial charge on any atom is -0.486 e. The van der Waals surface area contributed by atoms with Gasteiger partial charge in [-0.15, -0.1) is 0 Å². The number of carbonyl (C=O) groups is 2. The maximum absolute atomic E-state index is 12.5. The van der Waals surface area contributed by atoms with Crippen molar-refractivity contribution in [3.63, 3.8) is 0 Å². The Morgan fingerprint density at radius 3 is 2.79 bits per heavy atom. The summed E-state index contributed by atoms with van der Waals surface area (Å²) in [5.74, 6) is 0.322. The largest absolute Gasteiger partial charge is 0.486 e. The molecule has 1 amide bonds. The fourth-order valence-corrected chi connectivity index (χ4v) is 2.67. The number of nitrogens with one attached hydrogen (secondary N) is 1. The van der Waals surface area contributed by atoms with E-state index in [1.54, 1.807) is 32.2 Å². The molecule has 3 aromatic rings. The molecule has 0 atom stereocenters. The number of aromatic nitrogens is 2. The molecule has 8 nitrogen and oxygen atoms in total. The Hall–Kier alpha value is -3.26. The molecule has 29 heavy (non-hydrogen) atoms.